The van der Waals surface area contributed by atoms with Crippen molar-refractivity contribution < 1.29 is 14.3 Å². The van der Waals surface area contributed by atoms with E-state index in [2.05, 4.69) is 5.32 Å². The molecule has 1 aromatic carbocycles. The van der Waals surface area contributed by atoms with Gasteiger partial charge in [0.15, 0.2) is 17.3 Å². The van der Waals surface area contributed by atoms with Crippen LogP contribution in [0.15, 0.2) is 12.1 Å². The topological polar surface area (TPSA) is 47.6 Å². The molecule has 1 aliphatic carbocycles. The minimum Gasteiger partial charge on any atom is -0.493 e. The highest BCUT2D eigenvalue weighted by atomic mass is 16.5. The molecule has 1 saturated heterocycles. The number of methoxy groups -OCH3 is 2. The summed E-state index contributed by atoms with van der Waals surface area (Å²) in [6, 6.07) is 3.81. The Morgan fingerprint density at radius 1 is 1.14 bits per heavy atom. The molecule has 1 fully saturated rings. The van der Waals surface area contributed by atoms with Gasteiger partial charge in [-0.3, -0.25) is 4.79 Å². The van der Waals surface area contributed by atoms with Gasteiger partial charge < -0.3 is 14.8 Å². The third-order valence-electron chi connectivity index (χ3n) is 4.79. The molecule has 0 saturated carbocycles. The van der Waals surface area contributed by atoms with Crippen LogP contribution in [0.3, 0.4) is 0 Å². The Hall–Kier alpha value is -1.55. The van der Waals surface area contributed by atoms with Crippen LogP contribution in [0.4, 0.5) is 0 Å². The van der Waals surface area contributed by atoms with Gasteiger partial charge in [0.1, 0.15) is 0 Å². The first-order valence-corrected chi connectivity index (χ1v) is 7.72. The van der Waals surface area contributed by atoms with Crippen molar-refractivity contribution in [3.8, 4) is 11.5 Å². The summed E-state index contributed by atoms with van der Waals surface area (Å²) in [5.74, 6) is 2.46. The van der Waals surface area contributed by atoms with Crippen molar-refractivity contribution in [1.29, 1.82) is 0 Å². The predicted octanol–water partition coefficient (Wildman–Crippen LogP) is 2.45. The molecule has 1 N–H and O–H groups in total. The quantitative estimate of drug-likeness (QED) is 0.925. The molecule has 4 heteroatoms. The number of rotatable bonds is 4. The van der Waals surface area contributed by atoms with Gasteiger partial charge >= 0.3 is 0 Å². The number of fused-ring (bicyclic) bond motifs is 1. The molecule has 0 unspecified atom stereocenters. The molecule has 0 spiro atoms. The molecule has 0 aromatic heterocycles. The zero-order valence-electron chi connectivity index (χ0n) is 12.8. The van der Waals surface area contributed by atoms with Crippen LogP contribution in [0.5, 0.6) is 11.5 Å². The second kappa shape index (κ2) is 6.06. The molecule has 0 radical (unpaired) electrons. The van der Waals surface area contributed by atoms with Gasteiger partial charge in [-0.2, -0.15) is 0 Å². The Balaban J connectivity index is 1.78. The number of hydrogen-bond acceptors (Lipinski definition) is 4. The molecular weight excluding hydrogens is 266 g/mol. The van der Waals surface area contributed by atoms with Crippen LogP contribution in [-0.4, -0.2) is 33.1 Å². The molecule has 4 nitrogen and oxygen atoms in total. The summed E-state index contributed by atoms with van der Waals surface area (Å²) in [6.45, 7) is 2.17. The summed E-state index contributed by atoms with van der Waals surface area (Å²) in [7, 11) is 3.24. The van der Waals surface area contributed by atoms with Crippen LogP contribution in [0.2, 0.25) is 0 Å². The standard InChI is InChI=1S/C17H23NO3/c1-20-15-9-12-8-13(7-11-3-5-18-6-4-11)17(19)14(12)10-16(15)21-2/h9-11,13,18H,3-8H2,1-2H3/t13-/m1/s1. The van der Waals surface area contributed by atoms with E-state index in [9.17, 15) is 4.79 Å². The Kier molecular flexibility index (Phi) is 4.15. The molecule has 1 atom stereocenters. The number of piperidine rings is 1. The van der Waals surface area contributed by atoms with E-state index in [0.29, 0.717) is 17.4 Å². The zero-order valence-corrected chi connectivity index (χ0v) is 12.8. The molecule has 114 valence electrons. The molecule has 0 amide bonds. The predicted molar refractivity (Wildman–Crippen MR) is 81.3 cm³/mol. The van der Waals surface area contributed by atoms with E-state index in [-0.39, 0.29) is 11.7 Å². The van der Waals surface area contributed by atoms with Crippen LogP contribution in [0.25, 0.3) is 0 Å². The van der Waals surface area contributed by atoms with Crippen LogP contribution in [-0.2, 0) is 6.42 Å². The summed E-state index contributed by atoms with van der Waals surface area (Å²) in [5, 5.41) is 3.38. The van der Waals surface area contributed by atoms with Crippen molar-refractivity contribution in [1.82, 2.24) is 5.32 Å². The lowest BCUT2D eigenvalue weighted by molar-refractivity contribution is 0.0913. The summed E-state index contributed by atoms with van der Waals surface area (Å²) in [6.07, 6.45) is 4.23. The number of Topliss-reactive ketones (excluding diaryl/α,β-unsaturated/α-hetero) is 1. The molecular formula is C17H23NO3. The highest BCUT2D eigenvalue weighted by molar-refractivity contribution is 6.02. The molecule has 0 bridgehead atoms. The van der Waals surface area contributed by atoms with Gasteiger partial charge in [0.05, 0.1) is 14.2 Å². The van der Waals surface area contributed by atoms with Crippen LogP contribution in [0, 0.1) is 11.8 Å². The van der Waals surface area contributed by atoms with Gasteiger partial charge in [-0.05, 0) is 62.4 Å². The van der Waals surface area contributed by atoms with Crippen molar-refractivity contribution in [2.45, 2.75) is 25.7 Å². The fourth-order valence-corrected chi connectivity index (χ4v) is 3.61. The summed E-state index contributed by atoms with van der Waals surface area (Å²) >= 11 is 0. The maximum absolute atomic E-state index is 12.6. The monoisotopic (exact) mass is 289 g/mol. The fourth-order valence-electron chi connectivity index (χ4n) is 3.61. The second-order valence-corrected chi connectivity index (χ2v) is 6.06. The number of benzene rings is 1. The summed E-state index contributed by atoms with van der Waals surface area (Å²) < 4.78 is 10.6. The first-order chi connectivity index (χ1) is 10.2. The Morgan fingerprint density at radius 3 is 2.48 bits per heavy atom. The number of nitrogens with one attached hydrogen (secondary N) is 1. The van der Waals surface area contributed by atoms with Crippen molar-refractivity contribution in [2.75, 3.05) is 27.3 Å². The highest BCUT2D eigenvalue weighted by Crippen LogP contribution is 2.39. The maximum Gasteiger partial charge on any atom is 0.166 e. The third kappa shape index (κ3) is 2.77. The molecule has 3 rings (SSSR count). The largest absolute Gasteiger partial charge is 0.493 e. The third-order valence-corrected chi connectivity index (χ3v) is 4.79. The van der Waals surface area contributed by atoms with E-state index in [0.717, 1.165) is 37.1 Å². The lowest BCUT2D eigenvalue weighted by Crippen LogP contribution is -2.29. The van der Waals surface area contributed by atoms with E-state index >= 15 is 0 Å². The molecule has 1 aliphatic heterocycles. The first kappa shape index (κ1) is 14.4. The lowest BCUT2D eigenvalue weighted by atomic mass is 9.86. The van der Waals surface area contributed by atoms with E-state index in [4.69, 9.17) is 9.47 Å². The number of ketones is 1. The van der Waals surface area contributed by atoms with Gasteiger partial charge in [0.25, 0.3) is 0 Å². The van der Waals surface area contributed by atoms with Crippen molar-refractivity contribution in [3.63, 3.8) is 0 Å². The zero-order chi connectivity index (χ0) is 14.8. The number of ether oxygens (including phenoxy) is 2. The molecule has 21 heavy (non-hydrogen) atoms. The number of carbonyl (C=O) groups is 1. The van der Waals surface area contributed by atoms with Crippen molar-refractivity contribution >= 4 is 5.78 Å². The highest BCUT2D eigenvalue weighted by Gasteiger charge is 2.33. The molecule has 2 aliphatic rings. The van der Waals surface area contributed by atoms with Crippen molar-refractivity contribution in [2.24, 2.45) is 11.8 Å². The van der Waals surface area contributed by atoms with Gasteiger partial charge in [-0.25, -0.2) is 0 Å². The second-order valence-electron chi connectivity index (χ2n) is 6.06. The SMILES string of the molecule is COc1cc2c(cc1OC)C(=O)[C@H](CC1CCNCC1)C2. The van der Waals surface area contributed by atoms with Gasteiger partial charge in [0, 0.05) is 11.5 Å². The molecule has 1 aromatic rings. The Morgan fingerprint density at radius 2 is 1.81 bits per heavy atom. The van der Waals surface area contributed by atoms with Gasteiger partial charge in [0.2, 0.25) is 0 Å². The Bertz CT molecular complexity index is 535. The fraction of sp³-hybridized carbons (Fsp3) is 0.588. The van der Waals surface area contributed by atoms with E-state index < -0.39 is 0 Å². The molecule has 1 heterocycles. The summed E-state index contributed by atoms with van der Waals surface area (Å²) in [4.78, 5) is 12.6. The van der Waals surface area contributed by atoms with Gasteiger partial charge in [-0.1, -0.05) is 0 Å². The normalized spacial score (nSPS) is 22.2. The maximum atomic E-state index is 12.6. The van der Waals surface area contributed by atoms with E-state index in [1.54, 1.807) is 14.2 Å². The summed E-state index contributed by atoms with van der Waals surface area (Å²) in [5.41, 5.74) is 1.93. The van der Waals surface area contributed by atoms with Crippen LogP contribution < -0.4 is 14.8 Å². The average Bonchev–Trinajstić information content (AvgIpc) is 2.82. The minimum atomic E-state index is 0.139. The van der Waals surface area contributed by atoms with Crippen molar-refractivity contribution in [3.05, 3.63) is 23.3 Å². The van der Waals surface area contributed by atoms with Crippen LogP contribution >= 0.6 is 0 Å². The number of hydrogen-bond donors (Lipinski definition) is 1. The first-order valence-electron chi connectivity index (χ1n) is 7.72. The van der Waals surface area contributed by atoms with Crippen LogP contribution in [0.1, 0.15) is 35.2 Å². The van der Waals surface area contributed by atoms with Gasteiger partial charge in [-0.15, -0.1) is 0 Å². The van der Waals surface area contributed by atoms with E-state index in [1.165, 1.54) is 12.8 Å². The Labute approximate surface area is 125 Å². The average molecular weight is 289 g/mol. The van der Waals surface area contributed by atoms with E-state index in [1.807, 2.05) is 12.1 Å². The number of carbonyl (C=O) groups excluding carboxylic acids is 1. The smallest absolute Gasteiger partial charge is 0.166 e. The lowest BCUT2D eigenvalue weighted by Gasteiger charge is -2.24. The minimum absolute atomic E-state index is 0.139.